The lowest BCUT2D eigenvalue weighted by Crippen LogP contribution is -2.38. The van der Waals surface area contributed by atoms with E-state index in [1.807, 2.05) is 6.92 Å². The average Bonchev–Trinajstić information content (AvgIpc) is 3.04. The van der Waals surface area contributed by atoms with E-state index in [4.69, 9.17) is 0 Å². The van der Waals surface area contributed by atoms with Gasteiger partial charge in [-0.15, -0.1) is 0 Å². The quantitative estimate of drug-likeness (QED) is 0.631. The van der Waals surface area contributed by atoms with Crippen LogP contribution in [0.4, 0.5) is 0 Å². The number of carboxylic acids is 1. The van der Waals surface area contributed by atoms with Gasteiger partial charge in [0.25, 0.3) is 0 Å². The first kappa shape index (κ1) is 22.0. The lowest BCUT2D eigenvalue weighted by Gasteiger charge is -2.41. The van der Waals surface area contributed by atoms with Crippen LogP contribution in [0.3, 0.4) is 0 Å². The van der Waals surface area contributed by atoms with Crippen LogP contribution < -0.4 is 0 Å². The van der Waals surface area contributed by atoms with Crippen LogP contribution in [0.5, 0.6) is 0 Å². The van der Waals surface area contributed by atoms with Crippen molar-refractivity contribution in [1.82, 2.24) is 0 Å². The lowest BCUT2D eigenvalue weighted by molar-refractivity contribution is -0.134. The Balaban J connectivity index is 1.93. The normalized spacial score (nSPS) is 37.9. The first-order valence-corrected chi connectivity index (χ1v) is 11.1. The topological polar surface area (TPSA) is 74.6 Å². The van der Waals surface area contributed by atoms with Crippen LogP contribution in [0, 0.1) is 29.1 Å². The van der Waals surface area contributed by atoms with E-state index < -0.39 is 12.1 Å². The summed E-state index contributed by atoms with van der Waals surface area (Å²) >= 11 is 0. The van der Waals surface area contributed by atoms with Crippen molar-refractivity contribution in [2.24, 2.45) is 29.1 Å². The molecule has 0 bridgehead atoms. The maximum atomic E-state index is 12.6. The summed E-state index contributed by atoms with van der Waals surface area (Å²) in [7, 11) is 0. The second kappa shape index (κ2) is 8.22. The van der Waals surface area contributed by atoms with Crippen molar-refractivity contribution in [2.75, 3.05) is 0 Å². The SMILES string of the molecule is CC(C)=CCC[C@H](C)[C@H]1CC[C@]2(C)C[C@@H]3C(C)=CC(=O)/C3=C(\C(=O)O)C(O)C[C@@H]12. The molecule has 3 rings (SSSR count). The molecule has 0 aromatic heterocycles. The molecule has 0 aromatic rings. The zero-order chi connectivity index (χ0) is 21.5. The monoisotopic (exact) mass is 400 g/mol. The third-order valence-electron chi connectivity index (χ3n) is 7.89. The van der Waals surface area contributed by atoms with Gasteiger partial charge in [0.15, 0.2) is 5.78 Å². The second-order valence-corrected chi connectivity index (χ2v) is 10.2. The van der Waals surface area contributed by atoms with Crippen molar-refractivity contribution in [3.63, 3.8) is 0 Å². The number of fused-ring (bicyclic) bond motifs is 2. The highest BCUT2D eigenvalue weighted by Gasteiger charge is 2.52. The van der Waals surface area contributed by atoms with Crippen LogP contribution in [-0.2, 0) is 9.59 Å². The van der Waals surface area contributed by atoms with Crippen molar-refractivity contribution in [3.05, 3.63) is 34.4 Å². The number of carbonyl (C=O) groups excluding carboxylic acids is 1. The van der Waals surface area contributed by atoms with Crippen LogP contribution in [0.15, 0.2) is 34.4 Å². The van der Waals surface area contributed by atoms with Gasteiger partial charge < -0.3 is 10.2 Å². The Morgan fingerprint density at radius 1 is 1.38 bits per heavy atom. The molecule has 0 saturated heterocycles. The van der Waals surface area contributed by atoms with E-state index in [-0.39, 0.29) is 28.6 Å². The van der Waals surface area contributed by atoms with Gasteiger partial charge in [0.2, 0.25) is 0 Å². The van der Waals surface area contributed by atoms with Gasteiger partial charge in [-0.3, -0.25) is 4.79 Å². The number of hydrogen-bond acceptors (Lipinski definition) is 3. The van der Waals surface area contributed by atoms with Crippen molar-refractivity contribution in [3.8, 4) is 0 Å². The van der Waals surface area contributed by atoms with Crippen LogP contribution in [0.2, 0.25) is 0 Å². The van der Waals surface area contributed by atoms with Crippen LogP contribution >= 0.6 is 0 Å². The Kier molecular flexibility index (Phi) is 6.24. The number of rotatable bonds is 5. The molecule has 0 spiro atoms. The van der Waals surface area contributed by atoms with Crippen molar-refractivity contribution < 1.29 is 19.8 Å². The molecule has 2 N–H and O–H groups in total. The lowest BCUT2D eigenvalue weighted by atomic mass is 9.63. The molecule has 0 aliphatic heterocycles. The Morgan fingerprint density at radius 2 is 2.07 bits per heavy atom. The number of aliphatic hydroxyl groups is 1. The van der Waals surface area contributed by atoms with Crippen LogP contribution in [0.25, 0.3) is 0 Å². The van der Waals surface area contributed by atoms with E-state index in [9.17, 15) is 19.8 Å². The summed E-state index contributed by atoms with van der Waals surface area (Å²) in [5, 5.41) is 20.8. The largest absolute Gasteiger partial charge is 0.478 e. The zero-order valence-electron chi connectivity index (χ0n) is 18.5. The molecule has 0 heterocycles. The fourth-order valence-corrected chi connectivity index (χ4v) is 6.27. The molecule has 0 radical (unpaired) electrons. The number of ketones is 1. The number of aliphatic carboxylic acids is 1. The smallest absolute Gasteiger partial charge is 0.334 e. The van der Waals surface area contributed by atoms with Crippen molar-refractivity contribution >= 4 is 11.8 Å². The summed E-state index contributed by atoms with van der Waals surface area (Å²) in [5.74, 6) is -0.255. The first-order valence-electron chi connectivity index (χ1n) is 11.1. The predicted octanol–water partition coefficient (Wildman–Crippen LogP) is 5.08. The highest BCUT2D eigenvalue weighted by molar-refractivity contribution is 6.12. The third kappa shape index (κ3) is 4.14. The van der Waals surface area contributed by atoms with Gasteiger partial charge in [0, 0.05) is 11.5 Å². The molecule has 4 heteroatoms. The molecule has 29 heavy (non-hydrogen) atoms. The molecular weight excluding hydrogens is 364 g/mol. The number of hydrogen-bond donors (Lipinski definition) is 2. The summed E-state index contributed by atoms with van der Waals surface area (Å²) < 4.78 is 0. The standard InChI is InChI=1S/C25H36O4/c1-14(2)7-6-8-15(3)17-9-10-25(5)13-18-16(4)11-20(26)22(18)23(24(28)29)21(27)12-19(17)25/h7,11,15,17-19,21,27H,6,8-10,12-13H2,1-5H3,(H,28,29)/b23-22-/t15-,17+,18+,19-,21?,25+/m0/s1. The Labute approximate surface area is 174 Å². The molecule has 1 unspecified atom stereocenters. The number of allylic oxidation sites excluding steroid dienone is 5. The van der Waals surface area contributed by atoms with Crippen molar-refractivity contribution in [1.29, 1.82) is 0 Å². The fraction of sp³-hybridized carbons (Fsp3) is 0.680. The van der Waals surface area contributed by atoms with E-state index >= 15 is 0 Å². The summed E-state index contributed by atoms with van der Waals surface area (Å²) in [6, 6.07) is 0. The molecule has 0 amide bonds. The molecule has 6 atom stereocenters. The second-order valence-electron chi connectivity index (χ2n) is 10.2. The van der Waals surface area contributed by atoms with Crippen LogP contribution in [-0.4, -0.2) is 28.1 Å². The predicted molar refractivity (Wildman–Crippen MR) is 114 cm³/mol. The summed E-state index contributed by atoms with van der Waals surface area (Å²) in [6.07, 6.45) is 8.41. The summed E-state index contributed by atoms with van der Waals surface area (Å²) in [6.45, 7) is 10.8. The Hall–Kier alpha value is -1.68. The fourth-order valence-electron chi connectivity index (χ4n) is 6.27. The number of carboxylic acid groups (broad SMARTS) is 1. The van der Waals surface area contributed by atoms with E-state index in [2.05, 4.69) is 33.8 Å². The molecule has 4 nitrogen and oxygen atoms in total. The maximum absolute atomic E-state index is 12.6. The van der Waals surface area contributed by atoms with E-state index in [0.717, 1.165) is 37.7 Å². The van der Waals surface area contributed by atoms with E-state index in [0.29, 0.717) is 23.8 Å². The number of carbonyl (C=O) groups is 2. The van der Waals surface area contributed by atoms with Gasteiger partial charge in [0.05, 0.1) is 11.7 Å². The summed E-state index contributed by atoms with van der Waals surface area (Å²) in [5.41, 5.74) is 2.58. The van der Waals surface area contributed by atoms with Crippen LogP contribution in [0.1, 0.15) is 73.1 Å². The first-order chi connectivity index (χ1) is 13.5. The minimum atomic E-state index is -1.15. The molecule has 0 aromatic carbocycles. The average molecular weight is 401 g/mol. The zero-order valence-corrected chi connectivity index (χ0v) is 18.5. The van der Waals surface area contributed by atoms with Gasteiger partial charge in [-0.1, -0.05) is 31.1 Å². The third-order valence-corrected chi connectivity index (χ3v) is 7.89. The molecule has 160 valence electrons. The highest BCUT2D eigenvalue weighted by atomic mass is 16.4. The maximum Gasteiger partial charge on any atom is 0.334 e. The van der Waals surface area contributed by atoms with E-state index in [1.54, 1.807) is 6.08 Å². The highest BCUT2D eigenvalue weighted by Crippen LogP contribution is 2.58. The Bertz CT molecular complexity index is 783. The molecule has 1 fully saturated rings. The van der Waals surface area contributed by atoms with Gasteiger partial charge in [-0.2, -0.15) is 0 Å². The molecule has 3 aliphatic carbocycles. The number of aliphatic hydroxyl groups excluding tert-OH is 1. The van der Waals surface area contributed by atoms with Gasteiger partial charge in [-0.05, 0) is 88.5 Å². The Morgan fingerprint density at radius 3 is 2.69 bits per heavy atom. The molecule has 3 aliphatic rings. The van der Waals surface area contributed by atoms with Gasteiger partial charge in [0.1, 0.15) is 0 Å². The molecular formula is C25H36O4. The minimum absolute atomic E-state index is 0.0239. The minimum Gasteiger partial charge on any atom is -0.478 e. The van der Waals surface area contributed by atoms with Crippen molar-refractivity contribution in [2.45, 2.75) is 79.2 Å². The molecule has 1 saturated carbocycles. The van der Waals surface area contributed by atoms with Gasteiger partial charge in [-0.25, -0.2) is 4.79 Å². The van der Waals surface area contributed by atoms with Gasteiger partial charge >= 0.3 is 5.97 Å². The van der Waals surface area contributed by atoms with E-state index in [1.165, 1.54) is 5.57 Å². The summed E-state index contributed by atoms with van der Waals surface area (Å²) in [4.78, 5) is 24.6.